The Morgan fingerprint density at radius 3 is 2.46 bits per heavy atom. The highest BCUT2D eigenvalue weighted by Crippen LogP contribution is 2.36. The molecule has 28 heavy (non-hydrogen) atoms. The van der Waals surface area contributed by atoms with Crippen molar-refractivity contribution >= 4 is 23.4 Å². The maximum Gasteiger partial charge on any atom is 0.247 e. The zero-order valence-corrected chi connectivity index (χ0v) is 15.6. The smallest absolute Gasteiger partial charge is 0.247 e. The third-order valence-electron chi connectivity index (χ3n) is 5.32. The second kappa shape index (κ2) is 6.99. The van der Waals surface area contributed by atoms with Gasteiger partial charge in [0.05, 0.1) is 11.8 Å². The molecule has 4 rings (SSSR count). The van der Waals surface area contributed by atoms with Crippen LogP contribution in [0.25, 0.3) is 11.4 Å². The summed E-state index contributed by atoms with van der Waals surface area (Å²) in [7, 11) is 1.72. The molecule has 2 aromatic rings. The van der Waals surface area contributed by atoms with E-state index in [0.717, 1.165) is 10.5 Å². The molecule has 1 aliphatic heterocycles. The number of nitrogens with one attached hydrogen (secondary N) is 1. The van der Waals surface area contributed by atoms with Gasteiger partial charge in [-0.15, -0.1) is 5.10 Å². The maximum atomic E-state index is 12.7. The van der Waals surface area contributed by atoms with Crippen LogP contribution < -0.4 is 5.32 Å². The van der Waals surface area contributed by atoms with E-state index < -0.39 is 11.9 Å². The van der Waals surface area contributed by atoms with Crippen molar-refractivity contribution in [2.75, 3.05) is 5.32 Å². The van der Waals surface area contributed by atoms with E-state index in [9.17, 15) is 14.4 Å². The van der Waals surface area contributed by atoms with Crippen LogP contribution in [0.5, 0.6) is 0 Å². The van der Waals surface area contributed by atoms with Crippen LogP contribution in [0, 0.1) is 11.8 Å². The highest BCUT2D eigenvalue weighted by molar-refractivity contribution is 6.10. The first-order chi connectivity index (χ1) is 13.5. The molecule has 2 aliphatic rings. The molecule has 1 N–H and O–H groups in total. The second-order valence-electron chi connectivity index (χ2n) is 7.07. The van der Waals surface area contributed by atoms with Crippen molar-refractivity contribution in [3.63, 3.8) is 0 Å². The van der Waals surface area contributed by atoms with E-state index in [1.54, 1.807) is 32.2 Å². The number of likely N-dealkylation sites (tertiary alicyclic amines) is 1. The Balaban J connectivity index is 1.50. The van der Waals surface area contributed by atoms with Crippen LogP contribution >= 0.6 is 0 Å². The van der Waals surface area contributed by atoms with E-state index >= 15 is 0 Å². The molecule has 0 saturated carbocycles. The zero-order valence-electron chi connectivity index (χ0n) is 15.6. The number of aryl methyl sites for hydroxylation is 1. The van der Waals surface area contributed by atoms with E-state index in [1.807, 2.05) is 18.2 Å². The number of imide groups is 1. The lowest BCUT2D eigenvalue weighted by atomic mass is 9.85. The van der Waals surface area contributed by atoms with Gasteiger partial charge in [-0.25, -0.2) is 4.68 Å². The molecule has 1 fully saturated rings. The minimum Gasteiger partial charge on any atom is -0.324 e. The Kier molecular flexibility index (Phi) is 4.50. The van der Waals surface area contributed by atoms with Gasteiger partial charge >= 0.3 is 0 Å². The lowest BCUT2D eigenvalue weighted by Crippen LogP contribution is -2.46. The molecule has 1 aliphatic carbocycles. The molecular formula is C19H20N6O3. The molecule has 1 aromatic heterocycles. The molecule has 2 heterocycles. The van der Waals surface area contributed by atoms with Crippen LogP contribution in [0.3, 0.4) is 0 Å². The summed E-state index contributed by atoms with van der Waals surface area (Å²) in [6.45, 7) is 1.58. The number of allylic oxidation sites excluding steroid dienone is 2. The molecule has 3 atom stereocenters. The van der Waals surface area contributed by atoms with Gasteiger partial charge in [0, 0.05) is 18.3 Å². The number of rotatable bonds is 4. The maximum absolute atomic E-state index is 12.7. The third-order valence-corrected chi connectivity index (χ3v) is 5.32. The fourth-order valence-corrected chi connectivity index (χ4v) is 3.78. The number of nitrogens with zero attached hydrogens (tertiary/aromatic N) is 5. The third kappa shape index (κ3) is 2.98. The molecule has 1 saturated heterocycles. The highest BCUT2D eigenvalue weighted by atomic mass is 16.2. The van der Waals surface area contributed by atoms with E-state index in [2.05, 4.69) is 20.8 Å². The summed E-state index contributed by atoms with van der Waals surface area (Å²) in [4.78, 5) is 39.2. The average molecular weight is 380 g/mol. The summed E-state index contributed by atoms with van der Waals surface area (Å²) in [6.07, 6.45) is 4.95. The lowest BCUT2D eigenvalue weighted by molar-refractivity contribution is -0.146. The SMILES string of the molecule is C[C@H](C(=O)Nc1cccc(-c2nnnn2C)c1)N1C(=O)[C@H]2CC=CC[C@@H]2C1=O. The number of hydrogen-bond donors (Lipinski definition) is 1. The zero-order chi connectivity index (χ0) is 19.8. The van der Waals surface area contributed by atoms with Gasteiger partial charge < -0.3 is 5.32 Å². The minimum absolute atomic E-state index is 0.263. The van der Waals surface area contributed by atoms with Crippen LogP contribution in [-0.2, 0) is 21.4 Å². The number of amides is 3. The molecule has 9 heteroatoms. The summed E-state index contributed by atoms with van der Waals surface area (Å²) in [5.74, 6) is -1.08. The van der Waals surface area contributed by atoms with Crippen LogP contribution in [-0.4, -0.2) is 48.9 Å². The van der Waals surface area contributed by atoms with Gasteiger partial charge in [0.15, 0.2) is 5.82 Å². The quantitative estimate of drug-likeness (QED) is 0.629. The molecule has 1 aromatic carbocycles. The highest BCUT2D eigenvalue weighted by Gasteiger charge is 2.50. The fourth-order valence-electron chi connectivity index (χ4n) is 3.78. The van der Waals surface area contributed by atoms with Gasteiger partial charge in [0.25, 0.3) is 0 Å². The molecular weight excluding hydrogens is 360 g/mol. The Bertz CT molecular complexity index is 956. The summed E-state index contributed by atoms with van der Waals surface area (Å²) < 4.78 is 1.53. The molecule has 0 spiro atoms. The first-order valence-electron chi connectivity index (χ1n) is 9.13. The van der Waals surface area contributed by atoms with E-state index in [1.165, 1.54) is 4.68 Å². The molecule has 144 valence electrons. The standard InChI is InChI=1S/C19H20N6O3/c1-11(25-18(27)14-8-3-4-9-15(14)19(25)28)17(26)20-13-7-5-6-12(10-13)16-21-22-23-24(16)2/h3-7,10-11,14-15H,8-9H2,1-2H3,(H,20,26)/t11-,14+,15+/m1/s1. The monoisotopic (exact) mass is 380 g/mol. The largest absolute Gasteiger partial charge is 0.324 e. The normalized spacial score (nSPS) is 22.3. The molecule has 9 nitrogen and oxygen atoms in total. The Hall–Kier alpha value is -3.36. The molecule has 0 radical (unpaired) electrons. The number of carbonyl (C=O) groups is 3. The van der Waals surface area contributed by atoms with Crippen molar-refractivity contribution in [3.8, 4) is 11.4 Å². The summed E-state index contributed by atoms with van der Waals surface area (Å²) in [6, 6.07) is 6.20. The molecule has 0 bridgehead atoms. The van der Waals surface area contributed by atoms with Gasteiger partial charge in [-0.2, -0.15) is 0 Å². The number of aromatic nitrogens is 4. The Morgan fingerprint density at radius 1 is 1.18 bits per heavy atom. The lowest BCUT2D eigenvalue weighted by Gasteiger charge is -2.22. The predicted octanol–water partition coefficient (Wildman–Crippen LogP) is 1.16. The Labute approximate surface area is 161 Å². The van der Waals surface area contributed by atoms with Crippen LogP contribution in [0.1, 0.15) is 19.8 Å². The van der Waals surface area contributed by atoms with Crippen molar-refractivity contribution in [2.24, 2.45) is 18.9 Å². The van der Waals surface area contributed by atoms with Crippen molar-refractivity contribution in [1.82, 2.24) is 25.1 Å². The van der Waals surface area contributed by atoms with Crippen LogP contribution in [0.15, 0.2) is 36.4 Å². The number of hydrogen-bond acceptors (Lipinski definition) is 6. The van der Waals surface area contributed by atoms with Crippen molar-refractivity contribution in [2.45, 2.75) is 25.8 Å². The number of tetrazole rings is 1. The van der Waals surface area contributed by atoms with Crippen molar-refractivity contribution in [1.29, 1.82) is 0 Å². The summed E-state index contributed by atoms with van der Waals surface area (Å²) in [5.41, 5.74) is 1.28. The molecule has 0 unspecified atom stereocenters. The van der Waals surface area contributed by atoms with E-state index in [0.29, 0.717) is 24.4 Å². The predicted molar refractivity (Wildman–Crippen MR) is 99.5 cm³/mol. The van der Waals surface area contributed by atoms with Crippen molar-refractivity contribution < 1.29 is 14.4 Å². The van der Waals surface area contributed by atoms with Crippen LogP contribution in [0.4, 0.5) is 5.69 Å². The van der Waals surface area contributed by atoms with Gasteiger partial charge in [-0.05, 0) is 42.3 Å². The minimum atomic E-state index is -0.884. The number of anilines is 1. The van der Waals surface area contributed by atoms with Gasteiger partial charge in [0.2, 0.25) is 17.7 Å². The number of benzene rings is 1. The van der Waals surface area contributed by atoms with Crippen molar-refractivity contribution in [3.05, 3.63) is 36.4 Å². The van der Waals surface area contributed by atoms with Gasteiger partial charge in [-0.1, -0.05) is 24.3 Å². The summed E-state index contributed by atoms with van der Waals surface area (Å²) in [5, 5.41) is 14.1. The second-order valence-corrected chi connectivity index (χ2v) is 7.07. The van der Waals surface area contributed by atoms with E-state index in [-0.39, 0.29) is 23.7 Å². The summed E-state index contributed by atoms with van der Waals surface area (Å²) >= 11 is 0. The Morgan fingerprint density at radius 2 is 1.86 bits per heavy atom. The number of fused-ring (bicyclic) bond motifs is 1. The average Bonchev–Trinajstić information content (AvgIpc) is 3.23. The fraction of sp³-hybridized carbons (Fsp3) is 0.368. The first kappa shape index (κ1) is 18.0. The van der Waals surface area contributed by atoms with Gasteiger partial charge in [-0.3, -0.25) is 19.3 Å². The number of carbonyl (C=O) groups excluding carboxylic acids is 3. The molecule has 3 amide bonds. The van der Waals surface area contributed by atoms with E-state index in [4.69, 9.17) is 0 Å². The van der Waals surface area contributed by atoms with Gasteiger partial charge in [0.1, 0.15) is 6.04 Å². The van der Waals surface area contributed by atoms with Crippen LogP contribution in [0.2, 0.25) is 0 Å². The topological polar surface area (TPSA) is 110 Å². The first-order valence-corrected chi connectivity index (χ1v) is 9.13.